The van der Waals surface area contributed by atoms with Gasteiger partial charge in [0.2, 0.25) is 15.9 Å². The molecule has 1 aliphatic heterocycles. The molecule has 1 heterocycles. The van der Waals surface area contributed by atoms with Crippen molar-refractivity contribution in [3.05, 3.63) is 65.7 Å². The first-order valence-corrected chi connectivity index (χ1v) is 12.6. The number of amides is 1. The second-order valence-corrected chi connectivity index (χ2v) is 9.99. The lowest BCUT2D eigenvalue weighted by molar-refractivity contribution is -0.126. The Bertz CT molecular complexity index is 930. The summed E-state index contributed by atoms with van der Waals surface area (Å²) in [6.45, 7) is 3.74. The number of aryl methyl sites for hydroxylation is 1. The molecule has 1 N–H and O–H groups in total. The Hall–Kier alpha value is -2.38. The van der Waals surface area contributed by atoms with E-state index in [1.54, 1.807) is 0 Å². The molecule has 1 saturated heterocycles. The largest absolute Gasteiger partial charge is 0.494 e. The molecule has 2 aromatic rings. The minimum atomic E-state index is -3.36. The van der Waals surface area contributed by atoms with Gasteiger partial charge in [-0.05, 0) is 55.9 Å². The molecule has 168 valence electrons. The fourth-order valence-corrected chi connectivity index (χ4v) is 5.43. The van der Waals surface area contributed by atoms with Crippen LogP contribution < -0.4 is 10.1 Å². The lowest BCUT2D eigenvalue weighted by Crippen LogP contribution is -2.46. The third-order valence-corrected chi connectivity index (χ3v) is 7.48. The SMILES string of the molecule is CCOc1ccc(CNC(=O)[C@H]2CCCN(S(=O)(=O)CCCc3ccccc3)C2)cc1. The molecule has 0 unspecified atom stereocenters. The molecule has 0 aliphatic carbocycles. The molecule has 1 amide bonds. The van der Waals surface area contributed by atoms with E-state index in [1.807, 2.05) is 61.5 Å². The number of ether oxygens (including phenoxy) is 1. The third-order valence-electron chi connectivity index (χ3n) is 5.56. The Morgan fingerprint density at radius 2 is 1.84 bits per heavy atom. The van der Waals surface area contributed by atoms with Crippen LogP contribution in [-0.4, -0.2) is 44.1 Å². The molecule has 3 rings (SSSR count). The molecule has 0 saturated carbocycles. The van der Waals surface area contributed by atoms with Gasteiger partial charge in [0.05, 0.1) is 18.3 Å². The van der Waals surface area contributed by atoms with Crippen LogP contribution in [0.1, 0.15) is 37.3 Å². The third kappa shape index (κ3) is 7.08. The van der Waals surface area contributed by atoms with Crippen molar-refractivity contribution in [1.82, 2.24) is 9.62 Å². The van der Waals surface area contributed by atoms with Crippen molar-refractivity contribution in [2.24, 2.45) is 5.92 Å². The van der Waals surface area contributed by atoms with Gasteiger partial charge in [0.25, 0.3) is 0 Å². The summed E-state index contributed by atoms with van der Waals surface area (Å²) in [5, 5.41) is 2.96. The minimum absolute atomic E-state index is 0.0851. The molecule has 1 fully saturated rings. The topological polar surface area (TPSA) is 75.7 Å². The molecule has 2 aromatic carbocycles. The summed E-state index contributed by atoms with van der Waals surface area (Å²) in [5.74, 6) is 0.527. The van der Waals surface area contributed by atoms with E-state index < -0.39 is 10.0 Å². The zero-order valence-corrected chi connectivity index (χ0v) is 18.9. The summed E-state index contributed by atoms with van der Waals surface area (Å²) in [7, 11) is -3.36. The molecular weight excluding hydrogens is 412 g/mol. The molecule has 1 atom stereocenters. The Labute approximate surface area is 185 Å². The van der Waals surface area contributed by atoms with Crippen LogP contribution in [0.25, 0.3) is 0 Å². The van der Waals surface area contributed by atoms with Gasteiger partial charge in [0, 0.05) is 19.6 Å². The number of hydrogen-bond acceptors (Lipinski definition) is 4. The highest BCUT2D eigenvalue weighted by Gasteiger charge is 2.31. The highest BCUT2D eigenvalue weighted by Crippen LogP contribution is 2.21. The quantitative estimate of drug-likeness (QED) is 0.610. The Morgan fingerprint density at radius 1 is 1.10 bits per heavy atom. The Morgan fingerprint density at radius 3 is 2.55 bits per heavy atom. The first-order chi connectivity index (χ1) is 15.0. The first-order valence-electron chi connectivity index (χ1n) is 11.0. The number of benzene rings is 2. The van der Waals surface area contributed by atoms with E-state index in [0.29, 0.717) is 39.0 Å². The standard InChI is InChI=1S/C24H32N2O4S/c1-2-30-23-14-12-21(13-15-23)18-25-24(27)22-11-6-16-26(19-22)31(28,29)17-7-10-20-8-4-3-5-9-20/h3-5,8-9,12-15,22H,2,6-7,10-11,16-19H2,1H3,(H,25,27)/t22-/m0/s1. The number of hydrogen-bond donors (Lipinski definition) is 1. The Balaban J connectivity index is 1.47. The molecule has 0 spiro atoms. The fourth-order valence-electron chi connectivity index (χ4n) is 3.85. The summed E-state index contributed by atoms with van der Waals surface area (Å²) in [5.41, 5.74) is 2.13. The maximum Gasteiger partial charge on any atom is 0.224 e. The summed E-state index contributed by atoms with van der Waals surface area (Å²) >= 11 is 0. The van der Waals surface area contributed by atoms with Crippen LogP contribution in [0, 0.1) is 5.92 Å². The van der Waals surface area contributed by atoms with Crippen LogP contribution in [0.5, 0.6) is 5.75 Å². The van der Waals surface area contributed by atoms with Crippen LogP contribution in [0.2, 0.25) is 0 Å². The van der Waals surface area contributed by atoms with Crippen LogP contribution in [0.4, 0.5) is 0 Å². The second kappa shape index (κ2) is 11.3. The monoisotopic (exact) mass is 444 g/mol. The summed E-state index contributed by atoms with van der Waals surface area (Å²) < 4.78 is 32.5. The molecule has 0 aromatic heterocycles. The normalized spacial score (nSPS) is 17.3. The molecule has 31 heavy (non-hydrogen) atoms. The second-order valence-electron chi connectivity index (χ2n) is 7.90. The van der Waals surface area contributed by atoms with E-state index in [2.05, 4.69) is 5.32 Å². The maximum absolute atomic E-state index is 12.8. The van der Waals surface area contributed by atoms with Gasteiger partial charge in [-0.2, -0.15) is 0 Å². The first kappa shape index (κ1) is 23.3. The molecule has 1 aliphatic rings. The minimum Gasteiger partial charge on any atom is -0.494 e. The zero-order chi connectivity index (χ0) is 22.1. The van der Waals surface area contributed by atoms with Crippen molar-refractivity contribution in [1.29, 1.82) is 0 Å². The smallest absolute Gasteiger partial charge is 0.224 e. The van der Waals surface area contributed by atoms with Crippen LogP contribution in [0.15, 0.2) is 54.6 Å². The predicted molar refractivity (Wildman–Crippen MR) is 122 cm³/mol. The van der Waals surface area contributed by atoms with Gasteiger partial charge in [0.1, 0.15) is 5.75 Å². The van der Waals surface area contributed by atoms with Crippen molar-refractivity contribution >= 4 is 15.9 Å². The van der Waals surface area contributed by atoms with Crippen LogP contribution in [-0.2, 0) is 27.8 Å². The number of carbonyl (C=O) groups is 1. The lowest BCUT2D eigenvalue weighted by atomic mass is 9.99. The van der Waals surface area contributed by atoms with Gasteiger partial charge >= 0.3 is 0 Å². The van der Waals surface area contributed by atoms with Gasteiger partial charge < -0.3 is 10.1 Å². The van der Waals surface area contributed by atoms with Crippen LogP contribution in [0.3, 0.4) is 0 Å². The van der Waals surface area contributed by atoms with Crippen molar-refractivity contribution in [2.45, 2.75) is 39.2 Å². The highest BCUT2D eigenvalue weighted by molar-refractivity contribution is 7.89. The molecule has 7 heteroatoms. The summed E-state index contributed by atoms with van der Waals surface area (Å²) in [6, 6.07) is 17.5. The van der Waals surface area contributed by atoms with E-state index in [9.17, 15) is 13.2 Å². The molecule has 0 bridgehead atoms. The summed E-state index contributed by atoms with van der Waals surface area (Å²) in [6.07, 6.45) is 2.74. The van der Waals surface area contributed by atoms with Gasteiger partial charge in [-0.1, -0.05) is 42.5 Å². The number of piperidine rings is 1. The fraction of sp³-hybridized carbons (Fsp3) is 0.458. The summed E-state index contributed by atoms with van der Waals surface area (Å²) in [4.78, 5) is 12.7. The number of rotatable bonds is 10. The maximum atomic E-state index is 12.8. The van der Waals surface area contributed by atoms with Crippen molar-refractivity contribution in [3.63, 3.8) is 0 Å². The average molecular weight is 445 g/mol. The number of nitrogens with one attached hydrogen (secondary N) is 1. The Kier molecular flexibility index (Phi) is 8.49. The van der Waals surface area contributed by atoms with Crippen molar-refractivity contribution < 1.29 is 17.9 Å². The van der Waals surface area contributed by atoms with E-state index >= 15 is 0 Å². The van der Waals surface area contributed by atoms with E-state index in [4.69, 9.17) is 4.74 Å². The highest BCUT2D eigenvalue weighted by atomic mass is 32.2. The molecule has 6 nitrogen and oxygen atoms in total. The molecule has 0 radical (unpaired) electrons. The zero-order valence-electron chi connectivity index (χ0n) is 18.1. The van der Waals surface area contributed by atoms with Crippen molar-refractivity contribution in [3.8, 4) is 5.75 Å². The lowest BCUT2D eigenvalue weighted by Gasteiger charge is -2.31. The number of sulfonamides is 1. The predicted octanol–water partition coefficient (Wildman–Crippen LogP) is 3.38. The van der Waals surface area contributed by atoms with E-state index in [1.165, 1.54) is 4.31 Å². The van der Waals surface area contributed by atoms with Gasteiger partial charge in [-0.3, -0.25) is 4.79 Å². The number of carbonyl (C=O) groups excluding carboxylic acids is 1. The van der Waals surface area contributed by atoms with Gasteiger partial charge in [0.15, 0.2) is 0 Å². The number of nitrogens with zero attached hydrogens (tertiary/aromatic N) is 1. The molecular formula is C24H32N2O4S. The average Bonchev–Trinajstić information content (AvgIpc) is 2.79. The van der Waals surface area contributed by atoms with E-state index in [-0.39, 0.29) is 24.1 Å². The van der Waals surface area contributed by atoms with Gasteiger partial charge in [-0.25, -0.2) is 12.7 Å². The van der Waals surface area contributed by atoms with Crippen molar-refractivity contribution in [2.75, 3.05) is 25.4 Å². The van der Waals surface area contributed by atoms with Crippen LogP contribution >= 0.6 is 0 Å². The van der Waals surface area contributed by atoms with Gasteiger partial charge in [-0.15, -0.1) is 0 Å². The van der Waals surface area contributed by atoms with E-state index in [0.717, 1.165) is 23.3 Å².